The molecule has 0 radical (unpaired) electrons. The van der Waals surface area contributed by atoms with Crippen molar-refractivity contribution in [1.29, 1.82) is 0 Å². The summed E-state index contributed by atoms with van der Waals surface area (Å²) in [6, 6.07) is 9.98. The van der Waals surface area contributed by atoms with Gasteiger partial charge < -0.3 is 14.6 Å². The monoisotopic (exact) mass is 313 g/mol. The number of pyridine rings is 1. The van der Waals surface area contributed by atoms with Crippen LogP contribution in [0, 0.1) is 0 Å². The minimum atomic E-state index is 0.750. The summed E-state index contributed by atoms with van der Waals surface area (Å²) in [6.45, 7) is 3.31. The molecule has 3 aromatic rings. The molecule has 0 bridgehead atoms. The van der Waals surface area contributed by atoms with E-state index in [2.05, 4.69) is 20.9 Å². The number of hydrogen-bond acceptors (Lipinski definition) is 3. The molecule has 0 aliphatic carbocycles. The zero-order chi connectivity index (χ0) is 14.9. The molecular weight excluding hydrogens is 298 g/mol. The van der Waals surface area contributed by atoms with Gasteiger partial charge in [0.05, 0.1) is 18.9 Å². The second-order valence-corrected chi connectivity index (χ2v) is 5.74. The Kier molecular flexibility index (Phi) is 3.48. The van der Waals surface area contributed by atoms with E-state index >= 15 is 0 Å². The Morgan fingerprint density at radius 3 is 2.73 bits per heavy atom. The van der Waals surface area contributed by atoms with Gasteiger partial charge in [0.1, 0.15) is 5.65 Å². The number of halogens is 1. The van der Waals surface area contributed by atoms with Crippen molar-refractivity contribution in [1.82, 2.24) is 9.97 Å². The van der Waals surface area contributed by atoms with Gasteiger partial charge in [-0.05, 0) is 12.1 Å². The van der Waals surface area contributed by atoms with Gasteiger partial charge in [0.15, 0.2) is 0 Å². The summed E-state index contributed by atoms with van der Waals surface area (Å²) >= 11 is 6.39. The number of rotatable bonds is 2. The summed E-state index contributed by atoms with van der Waals surface area (Å²) in [5, 5.41) is 1.87. The fourth-order valence-electron chi connectivity index (χ4n) is 3.00. The highest BCUT2D eigenvalue weighted by molar-refractivity contribution is 6.33. The molecule has 112 valence electrons. The summed E-state index contributed by atoms with van der Waals surface area (Å²) in [5.41, 5.74) is 4.19. The van der Waals surface area contributed by atoms with Crippen LogP contribution in [-0.4, -0.2) is 36.3 Å². The van der Waals surface area contributed by atoms with E-state index in [0.29, 0.717) is 0 Å². The first kappa shape index (κ1) is 13.6. The largest absolute Gasteiger partial charge is 0.378 e. The summed E-state index contributed by atoms with van der Waals surface area (Å²) < 4.78 is 5.46. The molecule has 3 heterocycles. The lowest BCUT2D eigenvalue weighted by Crippen LogP contribution is -2.36. The van der Waals surface area contributed by atoms with Crippen molar-refractivity contribution in [2.24, 2.45) is 0 Å². The van der Waals surface area contributed by atoms with Crippen LogP contribution in [0.2, 0.25) is 5.02 Å². The SMILES string of the molecule is Clc1ccccc1-c1c[nH]c2nccc(N3CCOCC3)c12. The minimum absolute atomic E-state index is 0.750. The fraction of sp³-hybridized carbons (Fsp3) is 0.235. The van der Waals surface area contributed by atoms with Crippen LogP contribution >= 0.6 is 11.6 Å². The van der Waals surface area contributed by atoms with Gasteiger partial charge in [-0.25, -0.2) is 4.98 Å². The number of nitrogens with one attached hydrogen (secondary N) is 1. The van der Waals surface area contributed by atoms with Gasteiger partial charge in [-0.15, -0.1) is 0 Å². The third kappa shape index (κ3) is 2.25. The number of morpholine rings is 1. The second kappa shape index (κ2) is 5.63. The van der Waals surface area contributed by atoms with Crippen LogP contribution in [0.25, 0.3) is 22.2 Å². The van der Waals surface area contributed by atoms with E-state index in [0.717, 1.165) is 53.5 Å². The molecule has 4 nitrogen and oxygen atoms in total. The van der Waals surface area contributed by atoms with Crippen LogP contribution in [0.15, 0.2) is 42.7 Å². The smallest absolute Gasteiger partial charge is 0.139 e. The van der Waals surface area contributed by atoms with Gasteiger partial charge in [-0.2, -0.15) is 0 Å². The fourth-order valence-corrected chi connectivity index (χ4v) is 3.24. The summed E-state index contributed by atoms with van der Waals surface area (Å²) in [4.78, 5) is 10.1. The molecule has 0 amide bonds. The van der Waals surface area contributed by atoms with Crippen LogP contribution in [0.1, 0.15) is 0 Å². The van der Waals surface area contributed by atoms with Crippen LogP contribution in [0.3, 0.4) is 0 Å². The molecule has 2 aromatic heterocycles. The lowest BCUT2D eigenvalue weighted by atomic mass is 10.0. The number of nitrogens with zero attached hydrogens (tertiary/aromatic N) is 2. The first-order valence-corrected chi connectivity index (χ1v) is 7.76. The number of ether oxygens (including phenoxy) is 1. The van der Waals surface area contributed by atoms with Crippen molar-refractivity contribution in [3.63, 3.8) is 0 Å². The predicted octanol–water partition coefficient (Wildman–Crippen LogP) is 3.72. The highest BCUT2D eigenvalue weighted by Crippen LogP contribution is 2.37. The Morgan fingerprint density at radius 2 is 1.91 bits per heavy atom. The third-order valence-electron chi connectivity index (χ3n) is 4.07. The summed E-state index contributed by atoms with van der Waals surface area (Å²) in [6.07, 6.45) is 3.84. The second-order valence-electron chi connectivity index (χ2n) is 5.34. The van der Waals surface area contributed by atoms with E-state index < -0.39 is 0 Å². The summed E-state index contributed by atoms with van der Waals surface area (Å²) in [7, 11) is 0. The Hall–Kier alpha value is -2.04. The molecule has 1 aliphatic heterocycles. The van der Waals surface area contributed by atoms with Crippen LogP contribution in [-0.2, 0) is 4.74 Å². The molecule has 0 unspecified atom stereocenters. The highest BCUT2D eigenvalue weighted by Gasteiger charge is 2.18. The highest BCUT2D eigenvalue weighted by atomic mass is 35.5. The maximum Gasteiger partial charge on any atom is 0.139 e. The van der Waals surface area contributed by atoms with Crippen molar-refractivity contribution in [3.05, 3.63) is 47.7 Å². The molecule has 1 aromatic carbocycles. The van der Waals surface area contributed by atoms with Gasteiger partial charge in [0.2, 0.25) is 0 Å². The molecule has 1 aliphatic rings. The van der Waals surface area contributed by atoms with Crippen molar-refractivity contribution in [2.45, 2.75) is 0 Å². The lowest BCUT2D eigenvalue weighted by molar-refractivity contribution is 0.123. The van der Waals surface area contributed by atoms with Crippen LogP contribution in [0.5, 0.6) is 0 Å². The molecule has 1 fully saturated rings. The maximum atomic E-state index is 6.39. The summed E-state index contributed by atoms with van der Waals surface area (Å²) in [5.74, 6) is 0. The van der Waals surface area contributed by atoms with E-state index in [1.807, 2.05) is 36.7 Å². The number of anilines is 1. The van der Waals surface area contributed by atoms with Crippen molar-refractivity contribution in [2.75, 3.05) is 31.2 Å². The Labute approximate surface area is 133 Å². The van der Waals surface area contributed by atoms with Gasteiger partial charge in [-0.3, -0.25) is 0 Å². The van der Waals surface area contributed by atoms with E-state index in [-0.39, 0.29) is 0 Å². The molecule has 1 N–H and O–H groups in total. The number of aromatic amines is 1. The van der Waals surface area contributed by atoms with E-state index in [9.17, 15) is 0 Å². The molecule has 22 heavy (non-hydrogen) atoms. The molecule has 0 saturated carbocycles. The minimum Gasteiger partial charge on any atom is -0.378 e. The van der Waals surface area contributed by atoms with E-state index in [1.54, 1.807) is 0 Å². The quantitative estimate of drug-likeness (QED) is 0.784. The van der Waals surface area contributed by atoms with Gasteiger partial charge in [-0.1, -0.05) is 29.8 Å². The first-order chi connectivity index (χ1) is 10.8. The molecule has 5 heteroatoms. The number of benzene rings is 1. The van der Waals surface area contributed by atoms with Crippen LogP contribution in [0.4, 0.5) is 5.69 Å². The average molecular weight is 314 g/mol. The molecular formula is C17H16ClN3O. The topological polar surface area (TPSA) is 41.2 Å². The number of fused-ring (bicyclic) bond motifs is 1. The molecule has 0 spiro atoms. The van der Waals surface area contributed by atoms with Crippen molar-refractivity contribution in [3.8, 4) is 11.1 Å². The average Bonchev–Trinajstić information content (AvgIpc) is 3.00. The van der Waals surface area contributed by atoms with Gasteiger partial charge in [0, 0.05) is 47.0 Å². The number of hydrogen-bond donors (Lipinski definition) is 1. The van der Waals surface area contributed by atoms with E-state index in [1.165, 1.54) is 5.69 Å². The number of aromatic nitrogens is 2. The van der Waals surface area contributed by atoms with Crippen molar-refractivity contribution >= 4 is 28.3 Å². The van der Waals surface area contributed by atoms with Crippen LogP contribution < -0.4 is 4.90 Å². The standard InChI is InChI=1S/C17H16ClN3O/c18-14-4-2-1-3-12(14)13-11-20-17-16(13)15(5-6-19-17)21-7-9-22-10-8-21/h1-6,11H,7-10H2,(H,19,20). The van der Waals surface area contributed by atoms with Gasteiger partial charge in [0.25, 0.3) is 0 Å². The van der Waals surface area contributed by atoms with E-state index in [4.69, 9.17) is 16.3 Å². The first-order valence-electron chi connectivity index (χ1n) is 7.38. The van der Waals surface area contributed by atoms with Gasteiger partial charge >= 0.3 is 0 Å². The lowest BCUT2D eigenvalue weighted by Gasteiger charge is -2.29. The maximum absolute atomic E-state index is 6.39. The molecule has 1 saturated heterocycles. The van der Waals surface area contributed by atoms with Crippen molar-refractivity contribution < 1.29 is 4.74 Å². The zero-order valence-corrected chi connectivity index (χ0v) is 12.8. The Balaban J connectivity index is 1.91. The third-order valence-corrected chi connectivity index (χ3v) is 4.40. The Morgan fingerprint density at radius 1 is 1.09 bits per heavy atom. The normalized spacial score (nSPS) is 15.4. The molecule has 0 atom stereocenters. The number of H-pyrrole nitrogens is 1. The predicted molar refractivity (Wildman–Crippen MR) is 89.6 cm³/mol. The zero-order valence-electron chi connectivity index (χ0n) is 12.1. The Bertz CT molecular complexity index is 809. The molecule has 4 rings (SSSR count).